The lowest BCUT2D eigenvalue weighted by Gasteiger charge is -2.21. The Kier molecular flexibility index (Phi) is 9.63. The molecular formula is C31H28F3N7O2S2. The Morgan fingerprint density at radius 2 is 1.80 bits per heavy atom. The van der Waals surface area contributed by atoms with Gasteiger partial charge in [-0.2, -0.15) is 10.1 Å². The van der Waals surface area contributed by atoms with Crippen LogP contribution in [0.15, 0.2) is 89.2 Å². The summed E-state index contributed by atoms with van der Waals surface area (Å²) in [4.78, 5) is 23.2. The lowest BCUT2D eigenvalue weighted by atomic mass is 10.0. The second-order valence-corrected chi connectivity index (χ2v) is 11.4. The van der Waals surface area contributed by atoms with Crippen LogP contribution in [0.3, 0.4) is 0 Å². The van der Waals surface area contributed by atoms with E-state index in [0.717, 1.165) is 28.1 Å². The molecule has 0 spiro atoms. The van der Waals surface area contributed by atoms with Gasteiger partial charge in [0.05, 0.1) is 22.8 Å². The number of carbonyl (C=O) groups is 1. The molecule has 1 aliphatic rings. The Hall–Kier alpha value is -4.56. The molecule has 1 amide bonds. The molecule has 0 radical (unpaired) electrons. The number of hydrogen-bond donors (Lipinski definition) is 1. The predicted molar refractivity (Wildman–Crippen MR) is 174 cm³/mol. The third kappa shape index (κ3) is 7.75. The Labute approximate surface area is 267 Å². The molecule has 0 unspecified atom stereocenters. The van der Waals surface area contributed by atoms with Gasteiger partial charge in [0.2, 0.25) is 11.0 Å². The van der Waals surface area contributed by atoms with Crippen LogP contribution in [0.1, 0.15) is 44.2 Å². The van der Waals surface area contributed by atoms with Crippen LogP contribution in [0, 0.1) is 0 Å². The van der Waals surface area contributed by atoms with Crippen molar-refractivity contribution in [2.45, 2.75) is 39.5 Å². The van der Waals surface area contributed by atoms with Gasteiger partial charge in [-0.3, -0.25) is 15.1 Å². The summed E-state index contributed by atoms with van der Waals surface area (Å²) in [6.45, 7) is 6.12. The molecule has 1 aromatic heterocycles. The molecule has 1 aliphatic heterocycles. The minimum absolute atomic E-state index is 0.0553. The number of ether oxygens (including phenoxy) is 1. The summed E-state index contributed by atoms with van der Waals surface area (Å²) in [6.07, 6.45) is -2.67. The summed E-state index contributed by atoms with van der Waals surface area (Å²) in [6, 6.07) is 20.6. The number of hydrazone groups is 1. The van der Waals surface area contributed by atoms with Crippen LogP contribution in [0.5, 0.6) is 5.75 Å². The number of thioether (sulfide) groups is 1. The summed E-state index contributed by atoms with van der Waals surface area (Å²) in [7, 11) is 0. The minimum atomic E-state index is -4.76. The first-order valence-electron chi connectivity index (χ1n) is 13.9. The third-order valence-electron chi connectivity index (χ3n) is 6.69. The highest BCUT2D eigenvalue weighted by Crippen LogP contribution is 2.33. The van der Waals surface area contributed by atoms with E-state index in [0.29, 0.717) is 23.1 Å². The van der Waals surface area contributed by atoms with E-state index in [4.69, 9.17) is 12.2 Å². The fourth-order valence-corrected chi connectivity index (χ4v) is 5.62. The lowest BCUT2D eigenvalue weighted by Crippen LogP contribution is -2.31. The van der Waals surface area contributed by atoms with Crippen molar-refractivity contribution in [3.05, 3.63) is 90.3 Å². The Morgan fingerprint density at radius 3 is 2.47 bits per heavy atom. The van der Waals surface area contributed by atoms with Gasteiger partial charge in [-0.25, -0.2) is 9.67 Å². The molecule has 0 bridgehead atoms. The number of nitrogens with zero attached hydrogens (tertiary/aromatic N) is 6. The topological polar surface area (TPSA) is 97.0 Å². The number of alkyl halides is 3. The molecule has 5 rings (SSSR count). The van der Waals surface area contributed by atoms with Crippen LogP contribution in [-0.4, -0.2) is 48.8 Å². The van der Waals surface area contributed by atoms with Gasteiger partial charge in [-0.1, -0.05) is 75.0 Å². The number of hydrogen-bond acceptors (Lipinski definition) is 7. The SMILES string of the molecule is CC/C(=N\NC(=S)N=C1SCC(=O)N1c1ccccc1C(C)C)c1ccc(-c2ncn(-c3ccc(OC(F)(F)F)cc3)n2)cc1. The number of carbonyl (C=O) groups excluding carboxylic acids is 1. The zero-order valence-corrected chi connectivity index (χ0v) is 26.1. The third-order valence-corrected chi connectivity index (χ3v) is 7.79. The van der Waals surface area contributed by atoms with E-state index < -0.39 is 6.36 Å². The molecular weight excluding hydrogens is 624 g/mol. The predicted octanol–water partition coefficient (Wildman–Crippen LogP) is 7.08. The minimum Gasteiger partial charge on any atom is -0.406 e. The van der Waals surface area contributed by atoms with Gasteiger partial charge in [0.15, 0.2) is 11.0 Å². The van der Waals surface area contributed by atoms with Crippen molar-refractivity contribution < 1.29 is 22.7 Å². The van der Waals surface area contributed by atoms with Crippen LogP contribution < -0.4 is 15.1 Å². The number of benzene rings is 3. The number of amides is 1. The second kappa shape index (κ2) is 13.6. The number of anilines is 1. The Balaban J connectivity index is 1.26. The van der Waals surface area contributed by atoms with Crippen LogP contribution in [0.25, 0.3) is 17.1 Å². The number of thiocarbonyl (C=S) groups is 1. The summed E-state index contributed by atoms with van der Waals surface area (Å²) in [5.74, 6) is 0.568. The summed E-state index contributed by atoms with van der Waals surface area (Å²) in [5, 5.41) is 9.56. The Bertz CT molecular complexity index is 1750. The van der Waals surface area contributed by atoms with Crippen LogP contribution in [-0.2, 0) is 4.79 Å². The number of halogens is 3. The van der Waals surface area contributed by atoms with Gasteiger partial charge in [-0.15, -0.1) is 18.3 Å². The molecule has 2 heterocycles. The van der Waals surface area contributed by atoms with E-state index in [9.17, 15) is 18.0 Å². The number of aromatic nitrogens is 3. The molecule has 0 atom stereocenters. The molecule has 0 aliphatic carbocycles. The van der Waals surface area contributed by atoms with E-state index in [1.54, 1.807) is 4.90 Å². The van der Waals surface area contributed by atoms with Crippen molar-refractivity contribution >= 4 is 51.6 Å². The quantitative estimate of drug-likeness (QED) is 0.124. The molecule has 4 aromatic rings. The largest absolute Gasteiger partial charge is 0.573 e. The van der Waals surface area contributed by atoms with Crippen LogP contribution in [0.2, 0.25) is 0 Å². The van der Waals surface area contributed by atoms with Gasteiger partial charge in [0.25, 0.3) is 0 Å². The van der Waals surface area contributed by atoms with E-state index in [1.807, 2.05) is 55.5 Å². The monoisotopic (exact) mass is 651 g/mol. The maximum atomic E-state index is 12.8. The molecule has 1 fully saturated rings. The normalized spacial score (nSPS) is 14.8. The van der Waals surface area contributed by atoms with E-state index in [1.165, 1.54) is 47.0 Å². The van der Waals surface area contributed by atoms with Gasteiger partial charge < -0.3 is 4.74 Å². The van der Waals surface area contributed by atoms with Crippen LogP contribution >= 0.6 is 24.0 Å². The van der Waals surface area contributed by atoms with Crippen molar-refractivity contribution in [1.82, 2.24) is 20.2 Å². The van der Waals surface area contributed by atoms with Gasteiger partial charge in [0, 0.05) is 5.56 Å². The summed E-state index contributed by atoms with van der Waals surface area (Å²) in [5.41, 5.74) is 7.55. The molecule has 3 aromatic carbocycles. The Morgan fingerprint density at radius 1 is 1.09 bits per heavy atom. The first-order chi connectivity index (χ1) is 21.5. The first kappa shape index (κ1) is 31.9. The van der Waals surface area contributed by atoms with Crippen molar-refractivity contribution in [2.75, 3.05) is 10.7 Å². The molecule has 1 saturated heterocycles. The van der Waals surface area contributed by atoms with Crippen molar-refractivity contribution in [3.63, 3.8) is 0 Å². The fraction of sp³-hybridized carbons (Fsp3) is 0.226. The molecule has 9 nitrogen and oxygen atoms in total. The van der Waals surface area contributed by atoms with E-state index in [-0.39, 0.29) is 28.4 Å². The average molecular weight is 652 g/mol. The van der Waals surface area contributed by atoms with Gasteiger partial charge in [-0.05, 0) is 66.0 Å². The highest BCUT2D eigenvalue weighted by Gasteiger charge is 2.32. The van der Waals surface area contributed by atoms with Gasteiger partial charge >= 0.3 is 6.36 Å². The number of nitrogens with one attached hydrogen (secondary N) is 1. The molecule has 14 heteroatoms. The molecule has 232 valence electrons. The highest BCUT2D eigenvalue weighted by molar-refractivity contribution is 8.15. The molecule has 0 saturated carbocycles. The smallest absolute Gasteiger partial charge is 0.406 e. The van der Waals surface area contributed by atoms with Crippen molar-refractivity contribution in [1.29, 1.82) is 0 Å². The van der Waals surface area contributed by atoms with Crippen molar-refractivity contribution in [3.8, 4) is 22.8 Å². The number of rotatable bonds is 8. The standard InChI is InChI=1S/C31H28F3N7O2S2/c1-4-25(37-38-29(44)36-30-41(27(42)17-45-30)26-8-6-5-7-24(26)19(2)3)20-9-11-21(12-10-20)28-35-18-40(39-28)22-13-15-23(16-14-22)43-31(32,33)34/h5-16,18-19H,4,17H2,1-3H3,(H,38,44)/b36-30?,37-25+. The second-order valence-electron chi connectivity index (χ2n) is 10.1. The number of para-hydroxylation sites is 1. The van der Waals surface area contributed by atoms with E-state index in [2.05, 4.69) is 44.2 Å². The lowest BCUT2D eigenvalue weighted by molar-refractivity contribution is -0.274. The fourth-order valence-electron chi connectivity index (χ4n) is 4.57. The number of aliphatic imine (C=N–C) groups is 1. The first-order valence-corrected chi connectivity index (χ1v) is 15.3. The molecule has 45 heavy (non-hydrogen) atoms. The maximum Gasteiger partial charge on any atom is 0.573 e. The zero-order chi connectivity index (χ0) is 32.1. The zero-order valence-electron chi connectivity index (χ0n) is 24.4. The average Bonchev–Trinajstić information content (AvgIpc) is 3.64. The van der Waals surface area contributed by atoms with E-state index >= 15 is 0 Å². The summed E-state index contributed by atoms with van der Waals surface area (Å²) >= 11 is 6.79. The van der Waals surface area contributed by atoms with Gasteiger partial charge in [0.1, 0.15) is 12.1 Å². The number of amidine groups is 1. The summed E-state index contributed by atoms with van der Waals surface area (Å²) < 4.78 is 42.7. The highest BCUT2D eigenvalue weighted by atomic mass is 32.2. The molecule has 1 N–H and O–H groups in total. The van der Waals surface area contributed by atoms with Crippen molar-refractivity contribution in [2.24, 2.45) is 10.1 Å². The maximum absolute atomic E-state index is 12.8. The van der Waals surface area contributed by atoms with Crippen LogP contribution in [0.4, 0.5) is 18.9 Å².